The van der Waals surface area contributed by atoms with Crippen LogP contribution in [0.4, 0.5) is 0 Å². The molecule has 7 nitrogen and oxygen atoms in total. The van der Waals surface area contributed by atoms with Gasteiger partial charge in [0.15, 0.2) is 29.0 Å². The van der Waals surface area contributed by atoms with E-state index in [0.29, 0.717) is 37.2 Å². The van der Waals surface area contributed by atoms with Gasteiger partial charge in [-0.25, -0.2) is 0 Å². The molecule has 0 heterocycles. The molecule has 0 radical (unpaired) electrons. The molecule has 0 aliphatic rings. The van der Waals surface area contributed by atoms with Crippen molar-refractivity contribution in [3.05, 3.63) is 47.5 Å². The Morgan fingerprint density at radius 3 is 1.72 bits per heavy atom. The summed E-state index contributed by atoms with van der Waals surface area (Å²) in [6.45, 7) is 3.74. The molecule has 160 valence electrons. The second kappa shape index (κ2) is 13.0. The summed E-state index contributed by atoms with van der Waals surface area (Å²) in [5.41, 5.74) is 2.13. The Bertz CT molecular complexity index is 799. The predicted octanol–water partition coefficient (Wildman–Crippen LogP) is 3.59. The Morgan fingerprint density at radius 2 is 1.28 bits per heavy atom. The Kier molecular flexibility index (Phi) is 11.0. The Balaban J connectivity index is 0.00000420. The number of aliphatic imine (C=N–C) groups is 1. The van der Waals surface area contributed by atoms with Gasteiger partial charge in [0.25, 0.3) is 0 Å². The van der Waals surface area contributed by atoms with E-state index in [9.17, 15) is 0 Å². The largest absolute Gasteiger partial charge is 0.493 e. The van der Waals surface area contributed by atoms with Gasteiger partial charge in [0.2, 0.25) is 0 Å². The highest BCUT2D eigenvalue weighted by Gasteiger charge is 2.07. The maximum atomic E-state index is 5.63. The number of methoxy groups -OCH3 is 3. The van der Waals surface area contributed by atoms with E-state index in [4.69, 9.17) is 18.9 Å². The molecule has 2 aromatic rings. The van der Waals surface area contributed by atoms with Crippen molar-refractivity contribution >= 4 is 29.9 Å². The number of rotatable bonds is 9. The van der Waals surface area contributed by atoms with E-state index in [2.05, 4.69) is 15.6 Å². The van der Waals surface area contributed by atoms with Gasteiger partial charge in [0.05, 0.1) is 27.9 Å². The van der Waals surface area contributed by atoms with Gasteiger partial charge in [0.1, 0.15) is 0 Å². The highest BCUT2D eigenvalue weighted by atomic mass is 127. The molecule has 0 aliphatic heterocycles. The summed E-state index contributed by atoms with van der Waals surface area (Å²) in [5, 5.41) is 6.59. The number of halogens is 1. The zero-order valence-electron chi connectivity index (χ0n) is 17.6. The molecule has 0 saturated carbocycles. The van der Waals surface area contributed by atoms with Crippen molar-refractivity contribution in [3.8, 4) is 23.0 Å². The quantitative estimate of drug-likeness (QED) is 0.302. The molecule has 0 bridgehead atoms. The molecule has 8 heteroatoms. The molecule has 2 aromatic carbocycles. The van der Waals surface area contributed by atoms with Gasteiger partial charge in [-0.3, -0.25) is 4.99 Å². The van der Waals surface area contributed by atoms with Crippen LogP contribution in [0.3, 0.4) is 0 Å². The van der Waals surface area contributed by atoms with E-state index in [1.807, 2.05) is 43.3 Å². The van der Waals surface area contributed by atoms with Crippen molar-refractivity contribution in [3.63, 3.8) is 0 Å². The average molecular weight is 515 g/mol. The van der Waals surface area contributed by atoms with E-state index in [0.717, 1.165) is 22.6 Å². The van der Waals surface area contributed by atoms with Crippen molar-refractivity contribution in [1.29, 1.82) is 0 Å². The summed E-state index contributed by atoms with van der Waals surface area (Å²) in [6, 6.07) is 11.7. The topological polar surface area (TPSA) is 73.3 Å². The molecule has 2 N–H and O–H groups in total. The van der Waals surface area contributed by atoms with Crippen LogP contribution in [0.5, 0.6) is 23.0 Å². The monoisotopic (exact) mass is 515 g/mol. The maximum Gasteiger partial charge on any atom is 0.191 e. The van der Waals surface area contributed by atoms with Crippen LogP contribution in [0.25, 0.3) is 0 Å². The first-order valence-corrected chi connectivity index (χ1v) is 9.10. The maximum absolute atomic E-state index is 5.63. The SMILES string of the molecule is CCOc1cc(CNC(=NC)NCc2ccc(OC)c(OC)c2)ccc1OC.I. The van der Waals surface area contributed by atoms with Gasteiger partial charge >= 0.3 is 0 Å². The van der Waals surface area contributed by atoms with E-state index >= 15 is 0 Å². The third kappa shape index (κ3) is 7.19. The molecule has 0 saturated heterocycles. The molecule has 0 atom stereocenters. The van der Waals surface area contributed by atoms with Crippen LogP contribution in [-0.2, 0) is 13.1 Å². The number of ether oxygens (including phenoxy) is 4. The summed E-state index contributed by atoms with van der Waals surface area (Å²) in [7, 11) is 6.62. The molecule has 0 unspecified atom stereocenters. The first kappa shape index (κ1) is 24.7. The first-order valence-electron chi connectivity index (χ1n) is 9.10. The lowest BCUT2D eigenvalue weighted by molar-refractivity contribution is 0.310. The average Bonchev–Trinajstić information content (AvgIpc) is 2.74. The summed E-state index contributed by atoms with van der Waals surface area (Å²) in [5.74, 6) is 3.56. The normalized spacial score (nSPS) is 10.6. The van der Waals surface area contributed by atoms with Gasteiger partial charge in [-0.05, 0) is 42.3 Å². The van der Waals surface area contributed by atoms with Gasteiger partial charge in [-0.1, -0.05) is 12.1 Å². The molecule has 0 fully saturated rings. The highest BCUT2D eigenvalue weighted by molar-refractivity contribution is 14.0. The molecule has 0 aromatic heterocycles. The number of hydrogen-bond donors (Lipinski definition) is 2. The van der Waals surface area contributed by atoms with Crippen LogP contribution in [0.1, 0.15) is 18.1 Å². The summed E-state index contributed by atoms with van der Waals surface area (Å²) >= 11 is 0. The fraction of sp³-hybridized carbons (Fsp3) is 0.381. The van der Waals surface area contributed by atoms with Crippen LogP contribution in [0.2, 0.25) is 0 Å². The standard InChI is InChI=1S/C21H29N3O4.HI/c1-6-28-20-12-16(8-10-18(20)26-4)14-24-21(22-2)23-13-15-7-9-17(25-3)19(11-15)27-5;/h7-12H,6,13-14H2,1-5H3,(H2,22,23,24);1H. The van der Waals surface area contributed by atoms with Crippen LogP contribution < -0.4 is 29.6 Å². The fourth-order valence-corrected chi connectivity index (χ4v) is 2.68. The van der Waals surface area contributed by atoms with Crippen LogP contribution >= 0.6 is 24.0 Å². The van der Waals surface area contributed by atoms with Crippen molar-refractivity contribution < 1.29 is 18.9 Å². The summed E-state index contributed by atoms with van der Waals surface area (Å²) in [4.78, 5) is 4.27. The van der Waals surface area contributed by atoms with Gasteiger partial charge in [0, 0.05) is 20.1 Å². The van der Waals surface area contributed by atoms with E-state index < -0.39 is 0 Å². The second-order valence-corrected chi connectivity index (χ2v) is 5.89. The predicted molar refractivity (Wildman–Crippen MR) is 126 cm³/mol. The lowest BCUT2D eigenvalue weighted by Gasteiger charge is -2.15. The van der Waals surface area contributed by atoms with E-state index in [-0.39, 0.29) is 24.0 Å². The lowest BCUT2D eigenvalue weighted by Crippen LogP contribution is -2.36. The molecular formula is C21H30IN3O4. The molecule has 0 spiro atoms. The van der Waals surface area contributed by atoms with Crippen LogP contribution in [-0.4, -0.2) is 40.9 Å². The zero-order valence-corrected chi connectivity index (χ0v) is 19.9. The third-order valence-corrected chi connectivity index (χ3v) is 4.12. The third-order valence-electron chi connectivity index (χ3n) is 4.12. The zero-order chi connectivity index (χ0) is 20.4. The minimum absolute atomic E-state index is 0. The number of nitrogens with one attached hydrogen (secondary N) is 2. The number of guanidine groups is 1. The smallest absolute Gasteiger partial charge is 0.191 e. The fourth-order valence-electron chi connectivity index (χ4n) is 2.68. The van der Waals surface area contributed by atoms with Crippen molar-refractivity contribution in [2.24, 2.45) is 4.99 Å². The van der Waals surface area contributed by atoms with Gasteiger partial charge in [-0.2, -0.15) is 0 Å². The Labute approximate surface area is 189 Å². The highest BCUT2D eigenvalue weighted by Crippen LogP contribution is 2.28. The Morgan fingerprint density at radius 1 is 0.793 bits per heavy atom. The molecule has 29 heavy (non-hydrogen) atoms. The van der Waals surface area contributed by atoms with Crippen molar-refractivity contribution in [2.45, 2.75) is 20.0 Å². The second-order valence-electron chi connectivity index (χ2n) is 5.89. The van der Waals surface area contributed by atoms with Crippen molar-refractivity contribution in [1.82, 2.24) is 10.6 Å². The first-order chi connectivity index (χ1) is 13.6. The van der Waals surface area contributed by atoms with Crippen molar-refractivity contribution in [2.75, 3.05) is 35.0 Å². The minimum Gasteiger partial charge on any atom is -0.493 e. The van der Waals surface area contributed by atoms with Crippen LogP contribution in [0.15, 0.2) is 41.4 Å². The van der Waals surface area contributed by atoms with Gasteiger partial charge in [-0.15, -0.1) is 24.0 Å². The van der Waals surface area contributed by atoms with E-state index in [1.54, 1.807) is 28.4 Å². The molecule has 2 rings (SSSR count). The minimum atomic E-state index is 0. The molecule has 0 amide bonds. The van der Waals surface area contributed by atoms with Gasteiger partial charge < -0.3 is 29.6 Å². The molecule has 0 aliphatic carbocycles. The lowest BCUT2D eigenvalue weighted by atomic mass is 10.2. The number of benzene rings is 2. The van der Waals surface area contributed by atoms with Crippen LogP contribution in [0, 0.1) is 0 Å². The number of nitrogens with zero attached hydrogens (tertiary/aromatic N) is 1. The summed E-state index contributed by atoms with van der Waals surface area (Å²) < 4.78 is 21.6. The number of hydrogen-bond acceptors (Lipinski definition) is 5. The summed E-state index contributed by atoms with van der Waals surface area (Å²) in [6.07, 6.45) is 0. The Hall–Kier alpha value is -2.36. The molecular weight excluding hydrogens is 485 g/mol. The van der Waals surface area contributed by atoms with E-state index in [1.165, 1.54) is 0 Å².